The smallest absolute Gasteiger partial charge is 0.0746 e. The molecule has 0 saturated heterocycles. The lowest BCUT2D eigenvalue weighted by Gasteiger charge is -2.26. The molecule has 2 heteroatoms. The van der Waals surface area contributed by atoms with Crippen molar-refractivity contribution in [3.05, 3.63) is 34.9 Å². The maximum absolute atomic E-state index is 5.41. The van der Waals surface area contributed by atoms with Crippen molar-refractivity contribution in [2.45, 2.75) is 46.3 Å². The standard InChI is InChI=1S/C15H25NO/c1-11-7-8-14(12(2)9-11)13(3)16-10-15(4,5)17-6/h7-9,13,16H,10H2,1-6H3. The van der Waals surface area contributed by atoms with Gasteiger partial charge in [0, 0.05) is 19.7 Å². The van der Waals surface area contributed by atoms with Crippen LogP contribution in [-0.2, 0) is 4.74 Å². The van der Waals surface area contributed by atoms with Crippen molar-refractivity contribution in [2.24, 2.45) is 0 Å². The molecule has 17 heavy (non-hydrogen) atoms. The van der Waals surface area contributed by atoms with Gasteiger partial charge in [0.15, 0.2) is 0 Å². The summed E-state index contributed by atoms with van der Waals surface area (Å²) in [6.07, 6.45) is 0. The summed E-state index contributed by atoms with van der Waals surface area (Å²) in [4.78, 5) is 0. The first-order valence-electron chi connectivity index (χ1n) is 6.21. The topological polar surface area (TPSA) is 21.3 Å². The zero-order chi connectivity index (χ0) is 13.1. The summed E-state index contributed by atoms with van der Waals surface area (Å²) < 4.78 is 5.41. The Morgan fingerprint density at radius 3 is 2.47 bits per heavy atom. The summed E-state index contributed by atoms with van der Waals surface area (Å²) in [5.41, 5.74) is 3.91. The van der Waals surface area contributed by atoms with Crippen molar-refractivity contribution >= 4 is 0 Å². The van der Waals surface area contributed by atoms with E-state index in [1.807, 2.05) is 0 Å². The van der Waals surface area contributed by atoms with E-state index in [0.29, 0.717) is 6.04 Å². The van der Waals surface area contributed by atoms with Gasteiger partial charge in [-0.15, -0.1) is 0 Å². The molecule has 1 rings (SSSR count). The number of hydrogen-bond donors (Lipinski definition) is 1. The summed E-state index contributed by atoms with van der Waals surface area (Å²) >= 11 is 0. The number of benzene rings is 1. The van der Waals surface area contributed by atoms with Crippen LogP contribution in [0.1, 0.15) is 43.5 Å². The summed E-state index contributed by atoms with van der Waals surface area (Å²) in [7, 11) is 1.75. The second-order valence-corrected chi connectivity index (χ2v) is 5.43. The highest BCUT2D eigenvalue weighted by Gasteiger charge is 2.18. The van der Waals surface area contributed by atoms with Crippen LogP contribution in [0.3, 0.4) is 0 Å². The minimum absolute atomic E-state index is 0.118. The highest BCUT2D eigenvalue weighted by Crippen LogP contribution is 2.19. The zero-order valence-corrected chi connectivity index (χ0v) is 11.9. The van der Waals surface area contributed by atoms with Crippen LogP contribution < -0.4 is 5.32 Å². The monoisotopic (exact) mass is 235 g/mol. The molecule has 96 valence electrons. The Morgan fingerprint density at radius 1 is 1.29 bits per heavy atom. The Hall–Kier alpha value is -0.860. The second kappa shape index (κ2) is 5.65. The summed E-state index contributed by atoms with van der Waals surface area (Å²) in [6.45, 7) is 11.5. The average molecular weight is 235 g/mol. The van der Waals surface area contributed by atoms with E-state index in [0.717, 1.165) is 6.54 Å². The number of aryl methyl sites for hydroxylation is 2. The summed E-state index contributed by atoms with van der Waals surface area (Å²) in [6, 6.07) is 6.96. The molecule has 2 nitrogen and oxygen atoms in total. The van der Waals surface area contributed by atoms with Crippen molar-refractivity contribution in [2.75, 3.05) is 13.7 Å². The first-order chi connectivity index (χ1) is 7.85. The van der Waals surface area contributed by atoms with Crippen molar-refractivity contribution in [1.82, 2.24) is 5.32 Å². The molecule has 0 aliphatic heterocycles. The Kier molecular flexibility index (Phi) is 4.72. The maximum atomic E-state index is 5.41. The molecule has 0 spiro atoms. The van der Waals surface area contributed by atoms with E-state index in [1.165, 1.54) is 16.7 Å². The molecule has 0 radical (unpaired) electrons. The van der Waals surface area contributed by atoms with Gasteiger partial charge in [0.2, 0.25) is 0 Å². The first kappa shape index (κ1) is 14.2. The third kappa shape index (κ3) is 4.14. The molecule has 1 N–H and O–H groups in total. The van der Waals surface area contributed by atoms with Gasteiger partial charge in [-0.25, -0.2) is 0 Å². The Morgan fingerprint density at radius 2 is 1.94 bits per heavy atom. The maximum Gasteiger partial charge on any atom is 0.0746 e. The van der Waals surface area contributed by atoms with Crippen LogP contribution in [-0.4, -0.2) is 19.3 Å². The molecule has 0 aromatic heterocycles. The second-order valence-electron chi connectivity index (χ2n) is 5.43. The summed E-state index contributed by atoms with van der Waals surface area (Å²) in [5, 5.41) is 3.53. The van der Waals surface area contributed by atoms with Gasteiger partial charge in [-0.2, -0.15) is 0 Å². The minimum atomic E-state index is -0.118. The van der Waals surface area contributed by atoms with Crippen molar-refractivity contribution in [1.29, 1.82) is 0 Å². The predicted molar refractivity (Wildman–Crippen MR) is 73.4 cm³/mol. The number of hydrogen-bond acceptors (Lipinski definition) is 2. The highest BCUT2D eigenvalue weighted by molar-refractivity contribution is 5.32. The van der Waals surface area contributed by atoms with E-state index in [9.17, 15) is 0 Å². The van der Waals surface area contributed by atoms with Crippen molar-refractivity contribution < 1.29 is 4.74 Å². The van der Waals surface area contributed by atoms with Gasteiger partial charge in [0.25, 0.3) is 0 Å². The van der Waals surface area contributed by atoms with Gasteiger partial charge < -0.3 is 10.1 Å². The Bertz CT molecular complexity index is 371. The number of rotatable bonds is 5. The van der Waals surface area contributed by atoms with Crippen LogP contribution in [0.15, 0.2) is 18.2 Å². The summed E-state index contributed by atoms with van der Waals surface area (Å²) in [5.74, 6) is 0. The largest absolute Gasteiger partial charge is 0.377 e. The molecule has 1 aromatic rings. The molecule has 0 saturated carbocycles. The lowest BCUT2D eigenvalue weighted by Crippen LogP contribution is -2.38. The van der Waals surface area contributed by atoms with E-state index >= 15 is 0 Å². The molecule has 0 aliphatic rings. The van der Waals surface area contributed by atoms with E-state index in [1.54, 1.807) is 7.11 Å². The molecular formula is C15H25NO. The van der Waals surface area contributed by atoms with Gasteiger partial charge >= 0.3 is 0 Å². The van der Waals surface area contributed by atoms with Crippen LogP contribution in [0.25, 0.3) is 0 Å². The van der Waals surface area contributed by atoms with E-state index in [2.05, 4.69) is 58.1 Å². The molecule has 0 amide bonds. The van der Waals surface area contributed by atoms with E-state index < -0.39 is 0 Å². The fourth-order valence-electron chi connectivity index (χ4n) is 1.89. The molecule has 1 aromatic carbocycles. The molecule has 0 heterocycles. The van der Waals surface area contributed by atoms with Crippen LogP contribution in [0.4, 0.5) is 0 Å². The number of methoxy groups -OCH3 is 1. The number of nitrogens with one attached hydrogen (secondary N) is 1. The Balaban J connectivity index is 2.67. The number of ether oxygens (including phenoxy) is 1. The van der Waals surface area contributed by atoms with Crippen LogP contribution in [0, 0.1) is 13.8 Å². The molecule has 0 aliphatic carbocycles. The third-order valence-corrected chi connectivity index (χ3v) is 3.28. The van der Waals surface area contributed by atoms with Gasteiger partial charge in [0.1, 0.15) is 0 Å². The average Bonchev–Trinajstić information content (AvgIpc) is 2.26. The van der Waals surface area contributed by atoms with Gasteiger partial charge in [-0.05, 0) is 45.7 Å². The van der Waals surface area contributed by atoms with E-state index in [-0.39, 0.29) is 5.60 Å². The van der Waals surface area contributed by atoms with Crippen LogP contribution in [0.5, 0.6) is 0 Å². The molecule has 1 atom stereocenters. The third-order valence-electron chi connectivity index (χ3n) is 3.28. The van der Waals surface area contributed by atoms with Crippen molar-refractivity contribution in [3.8, 4) is 0 Å². The highest BCUT2D eigenvalue weighted by atomic mass is 16.5. The van der Waals surface area contributed by atoms with E-state index in [4.69, 9.17) is 4.74 Å². The fourth-order valence-corrected chi connectivity index (χ4v) is 1.89. The lowest BCUT2D eigenvalue weighted by atomic mass is 9.99. The van der Waals surface area contributed by atoms with Crippen molar-refractivity contribution in [3.63, 3.8) is 0 Å². The van der Waals surface area contributed by atoms with Gasteiger partial charge in [0.05, 0.1) is 5.60 Å². The fraction of sp³-hybridized carbons (Fsp3) is 0.600. The zero-order valence-electron chi connectivity index (χ0n) is 11.9. The quantitative estimate of drug-likeness (QED) is 0.844. The first-order valence-corrected chi connectivity index (χ1v) is 6.21. The lowest BCUT2D eigenvalue weighted by molar-refractivity contribution is 0.0214. The Labute approximate surface area is 105 Å². The van der Waals surface area contributed by atoms with Gasteiger partial charge in [-0.1, -0.05) is 23.8 Å². The van der Waals surface area contributed by atoms with Gasteiger partial charge in [-0.3, -0.25) is 0 Å². The molecule has 1 unspecified atom stereocenters. The predicted octanol–water partition coefficient (Wildman–Crippen LogP) is 3.38. The minimum Gasteiger partial charge on any atom is -0.377 e. The normalized spacial score (nSPS) is 13.8. The van der Waals surface area contributed by atoms with Crippen LogP contribution >= 0.6 is 0 Å². The molecule has 0 fully saturated rings. The van der Waals surface area contributed by atoms with Crippen LogP contribution in [0.2, 0.25) is 0 Å². The SMILES string of the molecule is COC(C)(C)CNC(C)c1ccc(C)cc1C. The molecular weight excluding hydrogens is 210 g/mol. The molecule has 0 bridgehead atoms.